The van der Waals surface area contributed by atoms with E-state index in [1.165, 1.54) is 6.07 Å². The molecule has 0 aromatic heterocycles. The number of aldehydes is 1. The maximum Gasteiger partial charge on any atom is 0.282 e. The average molecular weight is 339 g/mol. The van der Waals surface area contributed by atoms with Crippen molar-refractivity contribution in [2.24, 2.45) is 0 Å². The van der Waals surface area contributed by atoms with Gasteiger partial charge < -0.3 is 0 Å². The molecule has 1 aromatic rings. The standard InChI is InChI=1S/C8H3ClINO4/c9-8(13)5-2-6(10)4(3-12)1-7(5)11(14)15/h1-3H. The Labute approximate surface area is 103 Å². The second kappa shape index (κ2) is 4.67. The Bertz CT molecular complexity index is 460. The number of hydrogen-bond acceptors (Lipinski definition) is 4. The van der Waals surface area contributed by atoms with Gasteiger partial charge in [-0.05, 0) is 40.3 Å². The van der Waals surface area contributed by atoms with Crippen molar-refractivity contribution in [3.63, 3.8) is 0 Å². The zero-order valence-corrected chi connectivity index (χ0v) is 9.98. The van der Waals surface area contributed by atoms with Gasteiger partial charge in [0.25, 0.3) is 10.9 Å². The number of nitro groups is 1. The molecule has 0 atom stereocenters. The molecular weight excluding hydrogens is 336 g/mol. The van der Waals surface area contributed by atoms with Crippen LogP contribution in [0.5, 0.6) is 0 Å². The zero-order chi connectivity index (χ0) is 11.6. The highest BCUT2D eigenvalue weighted by Gasteiger charge is 2.21. The molecule has 0 bridgehead atoms. The maximum atomic E-state index is 10.9. The van der Waals surface area contributed by atoms with E-state index in [2.05, 4.69) is 0 Å². The van der Waals surface area contributed by atoms with Crippen molar-refractivity contribution in [2.75, 3.05) is 0 Å². The van der Waals surface area contributed by atoms with E-state index in [0.29, 0.717) is 9.86 Å². The van der Waals surface area contributed by atoms with Gasteiger partial charge in [-0.2, -0.15) is 0 Å². The molecule has 0 aliphatic rings. The molecule has 5 nitrogen and oxygen atoms in total. The molecule has 0 N–H and O–H groups in total. The van der Waals surface area contributed by atoms with Gasteiger partial charge in [-0.3, -0.25) is 19.7 Å². The third-order valence-electron chi connectivity index (χ3n) is 1.65. The largest absolute Gasteiger partial charge is 0.298 e. The Hall–Kier alpha value is -1.02. The van der Waals surface area contributed by atoms with Crippen molar-refractivity contribution in [1.82, 2.24) is 0 Å². The van der Waals surface area contributed by atoms with Crippen LogP contribution in [0.1, 0.15) is 20.7 Å². The van der Waals surface area contributed by atoms with Gasteiger partial charge in [-0.25, -0.2) is 0 Å². The maximum absolute atomic E-state index is 10.9. The van der Waals surface area contributed by atoms with Crippen molar-refractivity contribution >= 4 is 51.4 Å². The van der Waals surface area contributed by atoms with E-state index in [1.807, 2.05) is 0 Å². The molecule has 0 heterocycles. The summed E-state index contributed by atoms with van der Waals surface area (Å²) in [6.07, 6.45) is 0.483. The van der Waals surface area contributed by atoms with Crippen molar-refractivity contribution < 1.29 is 14.5 Å². The van der Waals surface area contributed by atoms with Gasteiger partial charge in [0.1, 0.15) is 5.56 Å². The minimum absolute atomic E-state index is 0.156. The van der Waals surface area contributed by atoms with Gasteiger partial charge in [0, 0.05) is 15.2 Å². The molecule has 0 unspecified atom stereocenters. The van der Waals surface area contributed by atoms with Crippen LogP contribution in [0.4, 0.5) is 5.69 Å². The molecule has 7 heteroatoms. The van der Waals surface area contributed by atoms with E-state index in [4.69, 9.17) is 11.6 Å². The van der Waals surface area contributed by atoms with Gasteiger partial charge in [0.2, 0.25) is 0 Å². The highest BCUT2D eigenvalue weighted by Crippen LogP contribution is 2.25. The van der Waals surface area contributed by atoms with Crippen molar-refractivity contribution in [3.8, 4) is 0 Å². The first kappa shape index (κ1) is 12.1. The lowest BCUT2D eigenvalue weighted by Gasteiger charge is -2.01. The zero-order valence-electron chi connectivity index (χ0n) is 7.07. The highest BCUT2D eigenvalue weighted by molar-refractivity contribution is 14.1. The van der Waals surface area contributed by atoms with E-state index in [-0.39, 0.29) is 11.1 Å². The lowest BCUT2D eigenvalue weighted by molar-refractivity contribution is -0.385. The monoisotopic (exact) mass is 339 g/mol. The number of halogens is 2. The van der Waals surface area contributed by atoms with Crippen LogP contribution < -0.4 is 0 Å². The van der Waals surface area contributed by atoms with Crippen LogP contribution in [-0.4, -0.2) is 16.5 Å². The second-order valence-corrected chi connectivity index (χ2v) is 4.05. The van der Waals surface area contributed by atoms with Crippen molar-refractivity contribution in [2.45, 2.75) is 0 Å². The quantitative estimate of drug-likeness (QED) is 0.278. The predicted octanol–water partition coefficient (Wildman–Crippen LogP) is 2.39. The van der Waals surface area contributed by atoms with Crippen molar-refractivity contribution in [3.05, 3.63) is 36.9 Å². The van der Waals surface area contributed by atoms with Crippen LogP contribution in [-0.2, 0) is 0 Å². The molecule has 1 aromatic carbocycles. The molecule has 0 radical (unpaired) electrons. The summed E-state index contributed by atoms with van der Waals surface area (Å²) in [5.41, 5.74) is -0.516. The van der Waals surface area contributed by atoms with Crippen LogP contribution in [0.3, 0.4) is 0 Å². The van der Waals surface area contributed by atoms with Gasteiger partial charge in [0.15, 0.2) is 6.29 Å². The van der Waals surface area contributed by atoms with Crippen LogP contribution >= 0.6 is 34.2 Å². The molecule has 0 saturated carbocycles. The summed E-state index contributed by atoms with van der Waals surface area (Å²) in [7, 11) is 0. The van der Waals surface area contributed by atoms with E-state index >= 15 is 0 Å². The second-order valence-electron chi connectivity index (χ2n) is 2.54. The summed E-state index contributed by atoms with van der Waals surface area (Å²) in [5.74, 6) is 0. The molecule has 0 saturated heterocycles. The highest BCUT2D eigenvalue weighted by atomic mass is 127. The van der Waals surface area contributed by atoms with Gasteiger partial charge in [-0.15, -0.1) is 0 Å². The normalized spacial score (nSPS) is 9.73. The molecule has 0 amide bonds. The fraction of sp³-hybridized carbons (Fsp3) is 0. The molecule has 15 heavy (non-hydrogen) atoms. The number of nitro benzene ring substituents is 1. The summed E-state index contributed by atoms with van der Waals surface area (Å²) in [4.78, 5) is 31.3. The topological polar surface area (TPSA) is 77.3 Å². The minimum Gasteiger partial charge on any atom is -0.298 e. The summed E-state index contributed by atoms with van der Waals surface area (Å²) in [5, 5.41) is 9.66. The lowest BCUT2D eigenvalue weighted by Crippen LogP contribution is -2.01. The molecule has 0 fully saturated rings. The fourth-order valence-electron chi connectivity index (χ4n) is 0.977. The van der Waals surface area contributed by atoms with Crippen LogP contribution in [0.2, 0.25) is 0 Å². The number of rotatable bonds is 3. The van der Waals surface area contributed by atoms with Crippen LogP contribution in [0, 0.1) is 13.7 Å². The molecular formula is C8H3ClINO4. The molecule has 78 valence electrons. The summed E-state index contributed by atoms with van der Waals surface area (Å²) < 4.78 is 0.442. The molecule has 0 spiro atoms. The Kier molecular flexibility index (Phi) is 3.75. The summed E-state index contributed by atoms with van der Waals surface area (Å²) >= 11 is 6.98. The number of carbonyl (C=O) groups excluding carboxylic acids is 2. The predicted molar refractivity (Wildman–Crippen MR) is 61.4 cm³/mol. The molecule has 0 aliphatic carbocycles. The first-order valence-corrected chi connectivity index (χ1v) is 5.06. The van der Waals surface area contributed by atoms with E-state index in [1.54, 1.807) is 22.6 Å². The number of nitrogens with zero attached hydrogens (tertiary/aromatic N) is 1. The summed E-state index contributed by atoms with van der Waals surface area (Å²) in [6.45, 7) is 0. The van der Waals surface area contributed by atoms with Gasteiger partial charge >= 0.3 is 0 Å². The van der Waals surface area contributed by atoms with Crippen molar-refractivity contribution in [1.29, 1.82) is 0 Å². The Morgan fingerprint density at radius 1 is 1.53 bits per heavy atom. The third-order valence-corrected chi connectivity index (χ3v) is 2.79. The van der Waals surface area contributed by atoms with Gasteiger partial charge in [0.05, 0.1) is 4.92 Å². The number of carbonyl (C=O) groups is 2. The molecule has 0 aliphatic heterocycles. The SMILES string of the molecule is O=Cc1cc([N+](=O)[O-])c(C(=O)Cl)cc1I. The Morgan fingerprint density at radius 3 is 2.53 bits per heavy atom. The molecule has 1 rings (SSSR count). The first-order valence-electron chi connectivity index (χ1n) is 3.60. The number of benzene rings is 1. The summed E-state index contributed by atoms with van der Waals surface area (Å²) in [6, 6.07) is 2.25. The Morgan fingerprint density at radius 2 is 2.13 bits per heavy atom. The van der Waals surface area contributed by atoms with E-state index < -0.39 is 15.9 Å². The lowest BCUT2D eigenvalue weighted by atomic mass is 10.1. The first-order chi connectivity index (χ1) is 6.97. The van der Waals surface area contributed by atoms with Crippen LogP contribution in [0.25, 0.3) is 0 Å². The minimum atomic E-state index is -0.919. The fourth-order valence-corrected chi connectivity index (χ4v) is 1.72. The Balaban J connectivity index is 3.52. The average Bonchev–Trinajstić information content (AvgIpc) is 2.16. The number of hydrogen-bond donors (Lipinski definition) is 0. The van der Waals surface area contributed by atoms with Crippen LogP contribution in [0.15, 0.2) is 12.1 Å². The smallest absolute Gasteiger partial charge is 0.282 e. The van der Waals surface area contributed by atoms with E-state index in [0.717, 1.165) is 6.07 Å². The third kappa shape index (κ3) is 2.51. The van der Waals surface area contributed by atoms with E-state index in [9.17, 15) is 19.7 Å². The van der Waals surface area contributed by atoms with Gasteiger partial charge in [-0.1, -0.05) is 0 Å².